The molecule has 2 nitrogen and oxygen atoms in total. The molecule has 1 unspecified atom stereocenters. The highest BCUT2D eigenvalue weighted by Crippen LogP contribution is 2.38. The van der Waals surface area contributed by atoms with Gasteiger partial charge < -0.3 is 5.32 Å². The van der Waals surface area contributed by atoms with Crippen LogP contribution in [0.5, 0.6) is 0 Å². The van der Waals surface area contributed by atoms with Gasteiger partial charge in [-0.1, -0.05) is 31.4 Å². The smallest absolute Gasteiger partial charge is 0.111 e. The molecule has 0 spiro atoms. The summed E-state index contributed by atoms with van der Waals surface area (Å²) in [6.45, 7) is 3.35. The third-order valence-electron chi connectivity index (χ3n) is 4.61. The van der Waals surface area contributed by atoms with E-state index in [0.29, 0.717) is 10.8 Å². The van der Waals surface area contributed by atoms with E-state index >= 15 is 0 Å². The van der Waals surface area contributed by atoms with Crippen molar-refractivity contribution in [2.45, 2.75) is 49.8 Å². The average Bonchev–Trinajstić information content (AvgIpc) is 2.97. The molecule has 0 saturated heterocycles. The number of hydrogen-bond donors (Lipinski definition) is 1. The van der Waals surface area contributed by atoms with Crippen LogP contribution in [-0.4, -0.2) is 22.5 Å². The van der Waals surface area contributed by atoms with Gasteiger partial charge in [0.2, 0.25) is 0 Å². The standard InChI is InChI=1S/C17H24N2S2/c1-13(16-19-14-8-4-5-9-15(14)21-16)18-12-17(20-2)10-6-3-7-11-17/h4-5,8-9,13,18H,3,6-7,10-12H2,1-2H3. The van der Waals surface area contributed by atoms with E-state index in [4.69, 9.17) is 4.98 Å². The molecule has 0 radical (unpaired) electrons. The van der Waals surface area contributed by atoms with Crippen molar-refractivity contribution in [1.82, 2.24) is 10.3 Å². The van der Waals surface area contributed by atoms with Gasteiger partial charge in [0, 0.05) is 11.3 Å². The maximum absolute atomic E-state index is 4.77. The fourth-order valence-electron chi connectivity index (χ4n) is 3.15. The van der Waals surface area contributed by atoms with Gasteiger partial charge in [-0.25, -0.2) is 4.98 Å². The number of thioether (sulfide) groups is 1. The Bertz CT molecular complexity index is 554. The van der Waals surface area contributed by atoms with Crippen LogP contribution in [0.3, 0.4) is 0 Å². The number of benzene rings is 1. The molecule has 4 heteroatoms. The van der Waals surface area contributed by atoms with Crippen LogP contribution in [0.2, 0.25) is 0 Å². The quantitative estimate of drug-likeness (QED) is 0.838. The summed E-state index contributed by atoms with van der Waals surface area (Å²) in [5.41, 5.74) is 1.13. The molecule has 0 bridgehead atoms. The summed E-state index contributed by atoms with van der Waals surface area (Å²) in [5.74, 6) is 0. The lowest BCUT2D eigenvalue weighted by atomic mass is 9.88. The molecule has 1 aliphatic carbocycles. The number of thiazole rings is 1. The Morgan fingerprint density at radius 3 is 2.76 bits per heavy atom. The van der Waals surface area contributed by atoms with Crippen LogP contribution in [0.25, 0.3) is 10.2 Å². The fourth-order valence-corrected chi connectivity index (χ4v) is 5.07. The first-order valence-electron chi connectivity index (χ1n) is 7.86. The van der Waals surface area contributed by atoms with Gasteiger partial charge in [0.15, 0.2) is 0 Å². The topological polar surface area (TPSA) is 24.9 Å². The van der Waals surface area contributed by atoms with Crippen molar-refractivity contribution in [3.8, 4) is 0 Å². The molecule has 1 fully saturated rings. The summed E-state index contributed by atoms with van der Waals surface area (Å²) in [5, 5.41) is 4.96. The van der Waals surface area contributed by atoms with Gasteiger partial charge in [-0.05, 0) is 38.2 Å². The van der Waals surface area contributed by atoms with Gasteiger partial charge >= 0.3 is 0 Å². The SMILES string of the molecule is CSC1(CNC(C)c2nc3ccccc3s2)CCCCC1. The minimum absolute atomic E-state index is 0.341. The number of fused-ring (bicyclic) bond motifs is 1. The average molecular weight is 321 g/mol. The van der Waals surface area contributed by atoms with Gasteiger partial charge in [-0.2, -0.15) is 11.8 Å². The van der Waals surface area contributed by atoms with Gasteiger partial charge in [0.25, 0.3) is 0 Å². The van der Waals surface area contributed by atoms with Crippen LogP contribution < -0.4 is 5.32 Å². The second kappa shape index (κ2) is 6.67. The Labute approximate surface area is 135 Å². The predicted octanol–water partition coefficient (Wildman–Crippen LogP) is 5.01. The van der Waals surface area contributed by atoms with Gasteiger partial charge in [-0.3, -0.25) is 0 Å². The highest BCUT2D eigenvalue weighted by molar-refractivity contribution is 8.00. The van der Waals surface area contributed by atoms with Crippen LogP contribution in [0.4, 0.5) is 0 Å². The molecule has 1 aliphatic rings. The zero-order chi connectivity index (χ0) is 14.7. The number of nitrogens with one attached hydrogen (secondary N) is 1. The molecule has 3 rings (SSSR count). The maximum atomic E-state index is 4.77. The van der Waals surface area contributed by atoms with Crippen LogP contribution in [0.15, 0.2) is 24.3 Å². The Morgan fingerprint density at radius 1 is 1.29 bits per heavy atom. The zero-order valence-corrected chi connectivity index (χ0v) is 14.5. The van der Waals surface area contributed by atoms with Crippen LogP contribution in [-0.2, 0) is 0 Å². The minimum atomic E-state index is 0.341. The van der Waals surface area contributed by atoms with Gasteiger partial charge in [0.05, 0.1) is 16.3 Å². The van der Waals surface area contributed by atoms with E-state index in [2.05, 4.69) is 54.5 Å². The number of nitrogens with zero attached hydrogens (tertiary/aromatic N) is 1. The molecule has 2 aromatic rings. The van der Waals surface area contributed by atoms with E-state index in [1.165, 1.54) is 41.8 Å². The molecule has 1 atom stereocenters. The maximum Gasteiger partial charge on any atom is 0.111 e. The first-order chi connectivity index (χ1) is 10.2. The minimum Gasteiger partial charge on any atom is -0.307 e. The lowest BCUT2D eigenvalue weighted by Gasteiger charge is -2.36. The Hall–Kier alpha value is -0.580. The van der Waals surface area contributed by atoms with E-state index in [1.54, 1.807) is 0 Å². The third-order valence-corrected chi connectivity index (χ3v) is 7.25. The van der Waals surface area contributed by atoms with E-state index in [1.807, 2.05) is 11.3 Å². The lowest BCUT2D eigenvalue weighted by molar-refractivity contribution is 0.367. The zero-order valence-electron chi connectivity index (χ0n) is 12.9. The second-order valence-electron chi connectivity index (χ2n) is 6.07. The lowest BCUT2D eigenvalue weighted by Crippen LogP contribution is -2.40. The second-order valence-corrected chi connectivity index (χ2v) is 8.41. The molecule has 114 valence electrons. The van der Waals surface area contributed by atoms with Crippen molar-refractivity contribution in [1.29, 1.82) is 0 Å². The summed E-state index contributed by atoms with van der Waals surface area (Å²) in [6, 6.07) is 8.76. The van der Waals surface area contributed by atoms with E-state index in [9.17, 15) is 0 Å². The molecule has 1 heterocycles. The van der Waals surface area contributed by atoms with E-state index in [0.717, 1.165) is 12.1 Å². The predicted molar refractivity (Wildman–Crippen MR) is 95.4 cm³/mol. The van der Waals surface area contributed by atoms with Gasteiger partial charge in [-0.15, -0.1) is 11.3 Å². The summed E-state index contributed by atoms with van der Waals surface area (Å²) in [4.78, 5) is 4.77. The number of aromatic nitrogens is 1. The highest BCUT2D eigenvalue weighted by atomic mass is 32.2. The van der Waals surface area contributed by atoms with Crippen LogP contribution in [0, 0.1) is 0 Å². The monoisotopic (exact) mass is 320 g/mol. The highest BCUT2D eigenvalue weighted by Gasteiger charge is 2.31. The van der Waals surface area contributed by atoms with Crippen molar-refractivity contribution in [2.24, 2.45) is 0 Å². The third kappa shape index (κ3) is 3.43. The van der Waals surface area contributed by atoms with Crippen LogP contribution in [0.1, 0.15) is 50.1 Å². The van der Waals surface area contributed by atoms with E-state index < -0.39 is 0 Å². The van der Waals surface area contributed by atoms with Crippen molar-refractivity contribution in [3.63, 3.8) is 0 Å². The van der Waals surface area contributed by atoms with Crippen molar-refractivity contribution >= 4 is 33.3 Å². The summed E-state index contributed by atoms with van der Waals surface area (Å²) >= 11 is 3.87. The summed E-state index contributed by atoms with van der Waals surface area (Å²) in [6.07, 6.45) is 9.17. The van der Waals surface area contributed by atoms with Crippen molar-refractivity contribution < 1.29 is 0 Å². The fraction of sp³-hybridized carbons (Fsp3) is 0.588. The summed E-state index contributed by atoms with van der Waals surface area (Å²) < 4.78 is 1.74. The molecule has 21 heavy (non-hydrogen) atoms. The molecule has 1 aromatic carbocycles. The molecule has 1 N–H and O–H groups in total. The number of para-hydroxylation sites is 1. The van der Waals surface area contributed by atoms with Crippen molar-refractivity contribution in [2.75, 3.05) is 12.8 Å². The molecule has 0 amide bonds. The molecule has 1 aromatic heterocycles. The van der Waals surface area contributed by atoms with Crippen molar-refractivity contribution in [3.05, 3.63) is 29.3 Å². The summed E-state index contributed by atoms with van der Waals surface area (Å²) in [7, 11) is 0. The number of hydrogen-bond acceptors (Lipinski definition) is 4. The molecular formula is C17H24N2S2. The molecule has 0 aliphatic heterocycles. The molecule has 1 saturated carbocycles. The van der Waals surface area contributed by atoms with Crippen LogP contribution >= 0.6 is 23.1 Å². The Balaban J connectivity index is 1.66. The van der Waals surface area contributed by atoms with E-state index in [-0.39, 0.29) is 0 Å². The molecular weight excluding hydrogens is 296 g/mol. The first kappa shape index (κ1) is 15.3. The largest absolute Gasteiger partial charge is 0.307 e. The first-order valence-corrected chi connectivity index (χ1v) is 9.91. The van der Waals surface area contributed by atoms with Gasteiger partial charge in [0.1, 0.15) is 5.01 Å². The Morgan fingerprint density at radius 2 is 2.05 bits per heavy atom. The normalized spacial score (nSPS) is 19.7. The number of rotatable bonds is 5. The Kier molecular flexibility index (Phi) is 4.87.